The van der Waals surface area contributed by atoms with Gasteiger partial charge in [-0.25, -0.2) is 0 Å². The molecule has 1 unspecified atom stereocenters. The van der Waals surface area contributed by atoms with Crippen LogP contribution >= 0.6 is 0 Å². The molecule has 1 aliphatic rings. The lowest BCUT2D eigenvalue weighted by molar-refractivity contribution is 0.0339. The van der Waals surface area contributed by atoms with Crippen LogP contribution in [0.2, 0.25) is 0 Å². The van der Waals surface area contributed by atoms with E-state index in [9.17, 15) is 5.11 Å². The lowest BCUT2D eigenvalue weighted by atomic mass is 10.3. The molecule has 0 saturated carbocycles. The fourth-order valence-corrected chi connectivity index (χ4v) is 0.853. The van der Waals surface area contributed by atoms with Crippen LogP contribution in [0.4, 0.5) is 0 Å². The lowest BCUT2D eigenvalue weighted by Crippen LogP contribution is -2.53. The number of hydrogen-bond donors (Lipinski definition) is 3. The Morgan fingerprint density at radius 3 is 2.90 bits per heavy atom. The number of rotatable bonds is 2. The van der Waals surface area contributed by atoms with Gasteiger partial charge in [0.1, 0.15) is 0 Å². The third-order valence-electron chi connectivity index (χ3n) is 1.29. The van der Waals surface area contributed by atoms with Crippen LogP contribution in [0.3, 0.4) is 0 Å². The molecule has 1 atom stereocenters. The molecule has 0 saturated heterocycles. The summed E-state index contributed by atoms with van der Waals surface area (Å²) in [5, 5.41) is 15.2. The van der Waals surface area contributed by atoms with Gasteiger partial charge in [0, 0.05) is 6.20 Å². The summed E-state index contributed by atoms with van der Waals surface area (Å²) in [4.78, 5) is 0. The van der Waals surface area contributed by atoms with E-state index in [1.165, 1.54) is 0 Å². The molecule has 3 heteroatoms. The molecule has 0 radical (unpaired) electrons. The first kappa shape index (κ1) is 7.31. The fraction of sp³-hybridized carbons (Fsp3) is 0.429. The van der Waals surface area contributed by atoms with E-state index in [0.717, 1.165) is 6.54 Å². The number of hydrogen-bond acceptors (Lipinski definition) is 3. The molecule has 56 valence electrons. The zero-order valence-electron chi connectivity index (χ0n) is 5.96. The van der Waals surface area contributed by atoms with E-state index < -0.39 is 5.85 Å². The second-order valence-corrected chi connectivity index (χ2v) is 2.16. The number of nitrogens with one attached hydrogen (secondary N) is 2. The number of likely N-dealkylation sites (N-methyl/N-ethyl adjacent to an activating group) is 1. The van der Waals surface area contributed by atoms with E-state index in [1.807, 2.05) is 13.0 Å². The SMILES string of the molecule is CCNC1(O)C=CC=CN1. The molecule has 0 fully saturated rings. The zero-order chi connectivity index (χ0) is 7.45. The molecule has 0 amide bonds. The van der Waals surface area contributed by atoms with Crippen LogP contribution in [0, 0.1) is 0 Å². The van der Waals surface area contributed by atoms with Gasteiger partial charge in [0.15, 0.2) is 0 Å². The molecular formula is C7H12N2O. The predicted octanol–water partition coefficient (Wildman–Crippen LogP) is -0.0849. The van der Waals surface area contributed by atoms with Crippen molar-refractivity contribution in [3.05, 3.63) is 24.4 Å². The number of allylic oxidation sites excluding steroid dienone is 2. The van der Waals surface area contributed by atoms with Gasteiger partial charge in [0.05, 0.1) is 0 Å². The molecule has 1 aliphatic heterocycles. The Kier molecular flexibility index (Phi) is 2.09. The molecule has 3 nitrogen and oxygen atoms in total. The molecule has 0 spiro atoms. The van der Waals surface area contributed by atoms with Gasteiger partial charge >= 0.3 is 0 Å². The second kappa shape index (κ2) is 2.86. The Bertz CT molecular complexity index is 165. The van der Waals surface area contributed by atoms with Crippen molar-refractivity contribution in [1.29, 1.82) is 0 Å². The van der Waals surface area contributed by atoms with Crippen molar-refractivity contribution in [2.75, 3.05) is 6.54 Å². The topological polar surface area (TPSA) is 44.3 Å². The van der Waals surface area contributed by atoms with Gasteiger partial charge < -0.3 is 10.4 Å². The smallest absolute Gasteiger partial charge is 0.213 e. The van der Waals surface area contributed by atoms with E-state index in [1.54, 1.807) is 18.4 Å². The van der Waals surface area contributed by atoms with Crippen molar-refractivity contribution in [1.82, 2.24) is 10.6 Å². The Balaban J connectivity index is 2.52. The van der Waals surface area contributed by atoms with Gasteiger partial charge in [0.25, 0.3) is 0 Å². The van der Waals surface area contributed by atoms with Gasteiger partial charge in [-0.3, -0.25) is 5.32 Å². The minimum absolute atomic E-state index is 0.724. The summed E-state index contributed by atoms with van der Waals surface area (Å²) in [6.07, 6.45) is 6.98. The van der Waals surface area contributed by atoms with E-state index in [4.69, 9.17) is 0 Å². The molecule has 0 bridgehead atoms. The van der Waals surface area contributed by atoms with Crippen molar-refractivity contribution in [3.8, 4) is 0 Å². The van der Waals surface area contributed by atoms with Crippen molar-refractivity contribution < 1.29 is 5.11 Å². The predicted molar refractivity (Wildman–Crippen MR) is 40.0 cm³/mol. The summed E-state index contributed by atoms with van der Waals surface area (Å²) in [6, 6.07) is 0. The van der Waals surface area contributed by atoms with E-state index in [-0.39, 0.29) is 0 Å². The average Bonchev–Trinajstić information content (AvgIpc) is 1.89. The van der Waals surface area contributed by atoms with E-state index in [0.29, 0.717) is 0 Å². The molecule has 0 aliphatic carbocycles. The molecular weight excluding hydrogens is 128 g/mol. The normalized spacial score (nSPS) is 30.2. The zero-order valence-corrected chi connectivity index (χ0v) is 5.96. The molecule has 1 rings (SSSR count). The van der Waals surface area contributed by atoms with Crippen LogP contribution in [0.5, 0.6) is 0 Å². The minimum Gasteiger partial charge on any atom is -0.355 e. The van der Waals surface area contributed by atoms with Gasteiger partial charge in [-0.15, -0.1) is 0 Å². The maximum atomic E-state index is 9.51. The summed E-state index contributed by atoms with van der Waals surface area (Å²) in [5.74, 6) is -1.04. The van der Waals surface area contributed by atoms with E-state index in [2.05, 4.69) is 10.6 Å². The highest BCUT2D eigenvalue weighted by Crippen LogP contribution is 2.01. The van der Waals surface area contributed by atoms with Crippen LogP contribution in [0.15, 0.2) is 24.4 Å². The molecule has 10 heavy (non-hydrogen) atoms. The Morgan fingerprint density at radius 2 is 2.40 bits per heavy atom. The van der Waals surface area contributed by atoms with Crippen LogP contribution in [0.1, 0.15) is 6.92 Å². The maximum Gasteiger partial charge on any atom is 0.213 e. The summed E-state index contributed by atoms with van der Waals surface area (Å²) < 4.78 is 0. The van der Waals surface area contributed by atoms with Gasteiger partial charge in [0.2, 0.25) is 5.85 Å². The first-order valence-corrected chi connectivity index (χ1v) is 3.36. The molecule has 0 aromatic carbocycles. The fourth-order valence-electron chi connectivity index (χ4n) is 0.853. The van der Waals surface area contributed by atoms with Crippen molar-refractivity contribution in [2.24, 2.45) is 0 Å². The number of aliphatic hydroxyl groups is 1. The first-order chi connectivity index (χ1) is 4.77. The Morgan fingerprint density at radius 1 is 1.60 bits per heavy atom. The lowest BCUT2D eigenvalue weighted by Gasteiger charge is -2.27. The molecule has 0 aromatic rings. The highest BCUT2D eigenvalue weighted by molar-refractivity contribution is 5.14. The monoisotopic (exact) mass is 140 g/mol. The van der Waals surface area contributed by atoms with Gasteiger partial charge in [-0.2, -0.15) is 0 Å². The van der Waals surface area contributed by atoms with Crippen molar-refractivity contribution in [2.45, 2.75) is 12.8 Å². The maximum absolute atomic E-state index is 9.51. The number of dihydropyridines is 1. The summed E-state index contributed by atoms with van der Waals surface area (Å²) >= 11 is 0. The Hall–Kier alpha value is -0.800. The minimum atomic E-state index is -1.04. The van der Waals surface area contributed by atoms with Crippen LogP contribution < -0.4 is 10.6 Å². The Labute approximate surface area is 60.4 Å². The third-order valence-corrected chi connectivity index (χ3v) is 1.29. The summed E-state index contributed by atoms with van der Waals surface area (Å²) in [6.45, 7) is 2.66. The summed E-state index contributed by atoms with van der Waals surface area (Å²) in [7, 11) is 0. The largest absolute Gasteiger partial charge is 0.355 e. The van der Waals surface area contributed by atoms with Crippen molar-refractivity contribution >= 4 is 0 Å². The van der Waals surface area contributed by atoms with Crippen molar-refractivity contribution in [3.63, 3.8) is 0 Å². The molecule has 1 heterocycles. The highest BCUT2D eigenvalue weighted by atomic mass is 16.3. The van der Waals surface area contributed by atoms with Gasteiger partial charge in [-0.05, 0) is 18.7 Å². The van der Waals surface area contributed by atoms with Crippen LogP contribution in [-0.4, -0.2) is 17.5 Å². The molecule has 3 N–H and O–H groups in total. The molecule has 0 aromatic heterocycles. The highest BCUT2D eigenvalue weighted by Gasteiger charge is 2.19. The first-order valence-electron chi connectivity index (χ1n) is 3.36. The standard InChI is InChI=1S/C7H12N2O/c1-2-8-7(10)5-3-4-6-9-7/h3-6,8-10H,2H2,1H3. The third kappa shape index (κ3) is 1.59. The van der Waals surface area contributed by atoms with Gasteiger partial charge in [-0.1, -0.05) is 13.0 Å². The summed E-state index contributed by atoms with van der Waals surface area (Å²) in [5.41, 5.74) is 0. The van der Waals surface area contributed by atoms with Crippen LogP contribution in [0.25, 0.3) is 0 Å². The average molecular weight is 140 g/mol. The quantitative estimate of drug-likeness (QED) is 0.470. The van der Waals surface area contributed by atoms with Crippen LogP contribution in [-0.2, 0) is 0 Å². The second-order valence-electron chi connectivity index (χ2n) is 2.16. The van der Waals surface area contributed by atoms with E-state index >= 15 is 0 Å².